The van der Waals surface area contributed by atoms with Crippen LogP contribution in [0.5, 0.6) is 0 Å². The molecule has 0 unspecified atom stereocenters. The Kier molecular flexibility index (Phi) is 17.1. The fraction of sp³-hybridized carbons (Fsp3) is 0.500. The summed E-state index contributed by atoms with van der Waals surface area (Å²) in [6, 6.07) is 0. The molecule has 0 aromatic rings. The van der Waals surface area contributed by atoms with Gasteiger partial charge in [0.15, 0.2) is 0 Å². The van der Waals surface area contributed by atoms with Gasteiger partial charge in [-0.2, -0.15) is 0 Å². The molecule has 1 nitrogen and oxygen atoms in total. The van der Waals surface area contributed by atoms with Crippen LogP contribution in [0.4, 0.5) is 0 Å². The molecule has 1 heteroatoms. The van der Waals surface area contributed by atoms with Crippen LogP contribution in [-0.2, 0) is 0 Å². The van der Waals surface area contributed by atoms with Gasteiger partial charge in [-0.1, -0.05) is 13.3 Å². The van der Waals surface area contributed by atoms with Crippen LogP contribution in [0.2, 0.25) is 0 Å². The Hall–Kier alpha value is -0.480. The Labute approximate surface area is 33.2 Å². The van der Waals surface area contributed by atoms with Crippen molar-refractivity contribution >= 4 is 0 Å². The van der Waals surface area contributed by atoms with Crippen LogP contribution >= 0.6 is 0 Å². The van der Waals surface area contributed by atoms with E-state index in [-0.39, 0.29) is 7.43 Å². The van der Waals surface area contributed by atoms with Crippen LogP contribution in [0.1, 0.15) is 7.43 Å². The summed E-state index contributed by atoms with van der Waals surface area (Å²) >= 11 is 0. The second-order valence-corrected chi connectivity index (χ2v) is 0.408. The van der Waals surface area contributed by atoms with Gasteiger partial charge in [-0.3, -0.25) is 0 Å². The smallest absolute Gasteiger partial charge is 0.0548 e. The average molecular weight is 71.1 g/mol. The predicted molar refractivity (Wildman–Crippen MR) is 24.6 cm³/mol. The first kappa shape index (κ1) is 8.82. The summed E-state index contributed by atoms with van der Waals surface area (Å²) < 4.78 is 0. The zero-order chi connectivity index (χ0) is 3.41. The second kappa shape index (κ2) is 9.68. The molecule has 0 aliphatic rings. The van der Waals surface area contributed by atoms with Crippen LogP contribution < -0.4 is 5.73 Å². The minimum Gasteiger partial charge on any atom is -0.320 e. The molecule has 0 bridgehead atoms. The minimum atomic E-state index is 0. The second-order valence-electron chi connectivity index (χ2n) is 0.408. The van der Waals surface area contributed by atoms with Crippen molar-refractivity contribution in [3.63, 3.8) is 0 Å². The first-order chi connectivity index (χ1) is 1.91. The van der Waals surface area contributed by atoms with Gasteiger partial charge in [-0.15, -0.1) is 6.42 Å². The van der Waals surface area contributed by atoms with E-state index in [9.17, 15) is 0 Å². The van der Waals surface area contributed by atoms with Crippen molar-refractivity contribution < 1.29 is 0 Å². The number of hydrogen-bond donors (Lipinski definition) is 1. The van der Waals surface area contributed by atoms with E-state index in [2.05, 4.69) is 12.3 Å². The van der Waals surface area contributed by atoms with Crippen LogP contribution in [0.3, 0.4) is 0 Å². The van der Waals surface area contributed by atoms with E-state index >= 15 is 0 Å². The number of rotatable bonds is 0. The van der Waals surface area contributed by atoms with Crippen molar-refractivity contribution in [2.45, 2.75) is 7.43 Å². The molecule has 0 aliphatic carbocycles. The maximum absolute atomic E-state index is 4.79. The maximum Gasteiger partial charge on any atom is 0.0548 e. The van der Waals surface area contributed by atoms with Crippen LogP contribution in [0.15, 0.2) is 0 Å². The molecular weight excluding hydrogens is 62.1 g/mol. The van der Waals surface area contributed by atoms with Crippen molar-refractivity contribution in [1.29, 1.82) is 0 Å². The molecular formula is C4H9N. The zero-order valence-corrected chi connectivity index (χ0v) is 2.36. The molecule has 0 atom stereocenters. The molecule has 0 saturated carbocycles. The van der Waals surface area contributed by atoms with E-state index in [0.717, 1.165) is 0 Å². The van der Waals surface area contributed by atoms with E-state index < -0.39 is 0 Å². The fourth-order valence-corrected chi connectivity index (χ4v) is 0. The average Bonchev–Trinajstić information content (AvgIpc) is 1.37. The Morgan fingerprint density at radius 2 is 2.00 bits per heavy atom. The highest BCUT2D eigenvalue weighted by molar-refractivity contribution is 4.83. The Morgan fingerprint density at radius 3 is 2.00 bits per heavy atom. The van der Waals surface area contributed by atoms with Crippen molar-refractivity contribution in [2.24, 2.45) is 5.73 Å². The van der Waals surface area contributed by atoms with Crippen LogP contribution in [0, 0.1) is 12.3 Å². The molecule has 0 saturated heterocycles. The fourth-order valence-electron chi connectivity index (χ4n) is 0. The highest BCUT2D eigenvalue weighted by atomic mass is 14.5. The molecule has 0 heterocycles. The lowest BCUT2D eigenvalue weighted by Crippen LogP contribution is -1.91. The van der Waals surface area contributed by atoms with Crippen molar-refractivity contribution in [2.75, 3.05) is 6.54 Å². The Balaban J connectivity index is 0. The molecule has 0 rings (SSSR count). The third kappa shape index (κ3) is 30.1. The van der Waals surface area contributed by atoms with Crippen LogP contribution in [0.25, 0.3) is 0 Å². The van der Waals surface area contributed by atoms with Gasteiger partial charge in [-0.25, -0.2) is 0 Å². The van der Waals surface area contributed by atoms with E-state index in [1.54, 1.807) is 0 Å². The maximum atomic E-state index is 4.79. The number of hydrogen-bond acceptors (Lipinski definition) is 1. The molecule has 5 heavy (non-hydrogen) atoms. The highest BCUT2D eigenvalue weighted by Gasteiger charge is 1.41. The lowest BCUT2D eigenvalue weighted by Gasteiger charge is -1.56. The first-order valence-electron chi connectivity index (χ1n) is 1.05. The molecule has 0 amide bonds. The summed E-state index contributed by atoms with van der Waals surface area (Å²) in [4.78, 5) is 0. The van der Waals surface area contributed by atoms with Gasteiger partial charge in [-0.05, 0) is 0 Å². The molecule has 0 aromatic carbocycles. The minimum absolute atomic E-state index is 0. The molecule has 0 spiro atoms. The van der Waals surface area contributed by atoms with E-state index in [0.29, 0.717) is 6.54 Å². The summed E-state index contributed by atoms with van der Waals surface area (Å²) in [5.41, 5.74) is 4.79. The SMILES string of the molecule is C.C#CCN. The molecule has 2 N–H and O–H groups in total. The number of nitrogens with two attached hydrogens (primary N) is 1. The molecule has 0 aromatic heterocycles. The normalized spacial score (nSPS) is 4.00. The molecule has 0 fully saturated rings. The summed E-state index contributed by atoms with van der Waals surface area (Å²) in [5.74, 6) is 2.21. The Morgan fingerprint density at radius 1 is 1.80 bits per heavy atom. The summed E-state index contributed by atoms with van der Waals surface area (Å²) in [5, 5.41) is 0. The number of terminal acetylenes is 1. The van der Waals surface area contributed by atoms with Crippen molar-refractivity contribution in [3.05, 3.63) is 0 Å². The van der Waals surface area contributed by atoms with E-state index in [4.69, 9.17) is 5.73 Å². The third-order valence-corrected chi connectivity index (χ3v) is 0.118. The van der Waals surface area contributed by atoms with Gasteiger partial charge in [0.25, 0.3) is 0 Å². The topological polar surface area (TPSA) is 26.0 Å². The van der Waals surface area contributed by atoms with Crippen LogP contribution in [-0.4, -0.2) is 6.54 Å². The monoisotopic (exact) mass is 71.1 g/mol. The van der Waals surface area contributed by atoms with Gasteiger partial charge >= 0.3 is 0 Å². The molecule has 0 aliphatic heterocycles. The van der Waals surface area contributed by atoms with Gasteiger partial charge in [0.2, 0.25) is 0 Å². The lowest BCUT2D eigenvalue weighted by molar-refractivity contribution is 1.30. The molecule has 0 radical (unpaired) electrons. The van der Waals surface area contributed by atoms with Crippen molar-refractivity contribution in [1.82, 2.24) is 0 Å². The van der Waals surface area contributed by atoms with E-state index in [1.807, 2.05) is 0 Å². The van der Waals surface area contributed by atoms with Gasteiger partial charge in [0.05, 0.1) is 6.54 Å². The van der Waals surface area contributed by atoms with E-state index in [1.165, 1.54) is 0 Å². The third-order valence-electron chi connectivity index (χ3n) is 0.118. The summed E-state index contributed by atoms with van der Waals surface area (Å²) in [7, 11) is 0. The highest BCUT2D eigenvalue weighted by Crippen LogP contribution is 1.25. The van der Waals surface area contributed by atoms with Gasteiger partial charge in [0, 0.05) is 0 Å². The largest absolute Gasteiger partial charge is 0.320 e. The van der Waals surface area contributed by atoms with Crippen molar-refractivity contribution in [3.8, 4) is 12.3 Å². The van der Waals surface area contributed by atoms with Gasteiger partial charge < -0.3 is 5.73 Å². The predicted octanol–water partition coefficient (Wildman–Crippen LogP) is 0.214. The standard InChI is InChI=1S/C3H5N.CH4/c1-2-3-4;/h1H,3-4H2;1H4. The van der Waals surface area contributed by atoms with Gasteiger partial charge in [0.1, 0.15) is 0 Å². The summed E-state index contributed by atoms with van der Waals surface area (Å²) in [6.45, 7) is 0.347. The molecule has 30 valence electrons. The quantitative estimate of drug-likeness (QED) is 0.406. The zero-order valence-electron chi connectivity index (χ0n) is 2.36. The first-order valence-corrected chi connectivity index (χ1v) is 1.05. The Bertz CT molecular complexity index is 33.4. The lowest BCUT2D eigenvalue weighted by atomic mass is 10.7. The summed E-state index contributed by atoms with van der Waals surface area (Å²) in [6.07, 6.45) is 4.65.